The SMILES string of the molecule is C[C@@H](C#N)Sc1nnc(-c2ccccc2)n1C. The smallest absolute Gasteiger partial charge is 0.192 e. The molecule has 0 aliphatic rings. The topological polar surface area (TPSA) is 54.5 Å². The molecule has 0 radical (unpaired) electrons. The van der Waals surface area contributed by atoms with Gasteiger partial charge in [-0.25, -0.2) is 0 Å². The molecule has 0 unspecified atom stereocenters. The van der Waals surface area contributed by atoms with Crippen LogP contribution in [0.25, 0.3) is 11.4 Å². The number of thioether (sulfide) groups is 1. The summed E-state index contributed by atoms with van der Waals surface area (Å²) in [5.74, 6) is 0.818. The molecule has 1 aromatic heterocycles. The third kappa shape index (κ3) is 2.48. The largest absolute Gasteiger partial charge is 0.305 e. The Morgan fingerprint density at radius 1 is 1.29 bits per heavy atom. The maximum atomic E-state index is 8.78. The first-order chi connectivity index (χ1) is 8.22. The summed E-state index contributed by atoms with van der Waals surface area (Å²) in [4.78, 5) is 0. The summed E-state index contributed by atoms with van der Waals surface area (Å²) in [6, 6.07) is 12.1. The van der Waals surface area contributed by atoms with Crippen LogP contribution >= 0.6 is 11.8 Å². The summed E-state index contributed by atoms with van der Waals surface area (Å²) >= 11 is 1.41. The van der Waals surface area contributed by atoms with E-state index in [2.05, 4.69) is 16.3 Å². The summed E-state index contributed by atoms with van der Waals surface area (Å²) in [6.45, 7) is 1.85. The predicted octanol–water partition coefficient (Wildman–Crippen LogP) is 2.49. The first kappa shape index (κ1) is 11.7. The van der Waals surface area contributed by atoms with E-state index in [4.69, 9.17) is 5.26 Å². The van der Waals surface area contributed by atoms with Crippen molar-refractivity contribution >= 4 is 11.8 Å². The fraction of sp³-hybridized carbons (Fsp3) is 0.250. The molecule has 0 N–H and O–H groups in total. The second-order valence-corrected chi connectivity index (χ2v) is 4.93. The van der Waals surface area contributed by atoms with Gasteiger partial charge >= 0.3 is 0 Å². The van der Waals surface area contributed by atoms with E-state index in [0.29, 0.717) is 0 Å². The lowest BCUT2D eigenvalue weighted by Crippen LogP contribution is -1.98. The van der Waals surface area contributed by atoms with Crippen LogP contribution < -0.4 is 0 Å². The number of aromatic nitrogens is 3. The fourth-order valence-corrected chi connectivity index (χ4v) is 2.14. The Hall–Kier alpha value is -1.80. The lowest BCUT2D eigenvalue weighted by molar-refractivity contribution is 0.792. The lowest BCUT2D eigenvalue weighted by atomic mass is 10.2. The van der Waals surface area contributed by atoms with Crippen LogP contribution in [0.3, 0.4) is 0 Å². The molecule has 17 heavy (non-hydrogen) atoms. The summed E-state index contributed by atoms with van der Waals surface area (Å²) in [6.07, 6.45) is 0. The third-order valence-electron chi connectivity index (χ3n) is 2.33. The van der Waals surface area contributed by atoms with E-state index in [-0.39, 0.29) is 5.25 Å². The average molecular weight is 244 g/mol. The zero-order valence-electron chi connectivity index (χ0n) is 9.66. The maximum Gasteiger partial charge on any atom is 0.192 e. The number of nitrogens with zero attached hydrogens (tertiary/aromatic N) is 4. The maximum absolute atomic E-state index is 8.78. The van der Waals surface area contributed by atoms with Crippen LogP contribution in [0.5, 0.6) is 0 Å². The molecule has 0 amide bonds. The van der Waals surface area contributed by atoms with Gasteiger partial charge in [0.05, 0.1) is 11.3 Å². The normalized spacial score (nSPS) is 12.1. The van der Waals surface area contributed by atoms with Gasteiger partial charge in [-0.1, -0.05) is 42.1 Å². The number of nitriles is 1. The van der Waals surface area contributed by atoms with E-state index in [0.717, 1.165) is 16.5 Å². The van der Waals surface area contributed by atoms with Crippen molar-refractivity contribution in [3.05, 3.63) is 30.3 Å². The van der Waals surface area contributed by atoms with Crippen LogP contribution in [-0.2, 0) is 7.05 Å². The van der Waals surface area contributed by atoms with Crippen LogP contribution in [0.1, 0.15) is 6.92 Å². The highest BCUT2D eigenvalue weighted by atomic mass is 32.2. The van der Waals surface area contributed by atoms with Gasteiger partial charge in [-0.3, -0.25) is 0 Å². The fourth-order valence-electron chi connectivity index (χ4n) is 1.44. The van der Waals surface area contributed by atoms with Crippen LogP contribution in [0.4, 0.5) is 0 Å². The average Bonchev–Trinajstić information content (AvgIpc) is 2.72. The van der Waals surface area contributed by atoms with Crippen molar-refractivity contribution in [2.45, 2.75) is 17.3 Å². The Kier molecular flexibility index (Phi) is 3.45. The molecule has 5 heteroatoms. The first-order valence-corrected chi connectivity index (χ1v) is 6.11. The molecule has 0 aliphatic carbocycles. The monoisotopic (exact) mass is 244 g/mol. The number of hydrogen-bond donors (Lipinski definition) is 0. The molecular formula is C12H12N4S. The Balaban J connectivity index is 2.31. The summed E-state index contributed by atoms with van der Waals surface area (Å²) in [5.41, 5.74) is 1.03. The number of hydrogen-bond acceptors (Lipinski definition) is 4. The molecule has 1 atom stereocenters. The molecule has 0 fully saturated rings. The quantitative estimate of drug-likeness (QED) is 0.778. The molecular weight excluding hydrogens is 232 g/mol. The van der Waals surface area contributed by atoms with Gasteiger partial charge in [0.25, 0.3) is 0 Å². The Morgan fingerprint density at radius 2 is 2.00 bits per heavy atom. The van der Waals surface area contributed by atoms with Crippen LogP contribution in [0.15, 0.2) is 35.5 Å². The molecule has 2 rings (SSSR count). The van der Waals surface area contributed by atoms with Gasteiger partial charge in [-0.2, -0.15) is 5.26 Å². The Labute approximate surface area is 104 Å². The molecule has 2 aromatic rings. The van der Waals surface area contributed by atoms with Crippen molar-refractivity contribution in [1.29, 1.82) is 5.26 Å². The van der Waals surface area contributed by atoms with E-state index in [9.17, 15) is 0 Å². The Morgan fingerprint density at radius 3 is 2.65 bits per heavy atom. The highest BCUT2D eigenvalue weighted by Gasteiger charge is 2.13. The van der Waals surface area contributed by atoms with E-state index in [1.165, 1.54) is 11.8 Å². The second-order valence-electron chi connectivity index (χ2n) is 3.62. The van der Waals surface area contributed by atoms with Crippen molar-refractivity contribution in [2.75, 3.05) is 0 Å². The minimum absolute atomic E-state index is 0.124. The molecule has 0 bridgehead atoms. The molecule has 4 nitrogen and oxygen atoms in total. The minimum Gasteiger partial charge on any atom is -0.305 e. The number of rotatable bonds is 3. The minimum atomic E-state index is -0.124. The zero-order chi connectivity index (χ0) is 12.3. The van der Waals surface area contributed by atoms with Gasteiger partial charge in [-0.15, -0.1) is 10.2 Å². The standard InChI is InChI=1S/C12H12N4S/c1-9(8-13)17-12-15-14-11(16(12)2)10-6-4-3-5-7-10/h3-7,9H,1-2H3/t9-/m0/s1. The highest BCUT2D eigenvalue weighted by molar-refractivity contribution is 8.00. The molecule has 86 valence electrons. The van der Waals surface area contributed by atoms with Gasteiger partial charge < -0.3 is 4.57 Å². The highest BCUT2D eigenvalue weighted by Crippen LogP contribution is 2.24. The van der Waals surface area contributed by atoms with Gasteiger partial charge in [0, 0.05) is 12.6 Å². The van der Waals surface area contributed by atoms with E-state index < -0.39 is 0 Å². The zero-order valence-corrected chi connectivity index (χ0v) is 10.5. The lowest BCUT2D eigenvalue weighted by Gasteiger charge is -2.04. The predicted molar refractivity (Wildman–Crippen MR) is 67.4 cm³/mol. The van der Waals surface area contributed by atoms with Crippen molar-refractivity contribution < 1.29 is 0 Å². The van der Waals surface area contributed by atoms with Crippen molar-refractivity contribution in [3.63, 3.8) is 0 Å². The van der Waals surface area contributed by atoms with Gasteiger partial charge in [-0.05, 0) is 6.92 Å². The Bertz CT molecular complexity index is 541. The molecule has 0 aliphatic heterocycles. The van der Waals surface area contributed by atoms with Crippen molar-refractivity contribution in [3.8, 4) is 17.5 Å². The second kappa shape index (κ2) is 5.02. The summed E-state index contributed by atoms with van der Waals surface area (Å²) in [7, 11) is 1.91. The molecule has 0 spiro atoms. The molecule has 1 heterocycles. The van der Waals surface area contributed by atoms with Crippen LogP contribution in [-0.4, -0.2) is 20.0 Å². The summed E-state index contributed by atoms with van der Waals surface area (Å²) < 4.78 is 1.91. The van der Waals surface area contributed by atoms with E-state index >= 15 is 0 Å². The van der Waals surface area contributed by atoms with Crippen molar-refractivity contribution in [2.24, 2.45) is 7.05 Å². The van der Waals surface area contributed by atoms with Gasteiger partial charge in [0.15, 0.2) is 11.0 Å². The van der Waals surface area contributed by atoms with Gasteiger partial charge in [0.1, 0.15) is 0 Å². The van der Waals surface area contributed by atoms with Gasteiger partial charge in [0.2, 0.25) is 0 Å². The van der Waals surface area contributed by atoms with Crippen LogP contribution in [0.2, 0.25) is 0 Å². The van der Waals surface area contributed by atoms with Crippen molar-refractivity contribution in [1.82, 2.24) is 14.8 Å². The van der Waals surface area contributed by atoms with E-state index in [1.54, 1.807) is 0 Å². The summed E-state index contributed by atoms with van der Waals surface area (Å²) in [5, 5.41) is 17.7. The van der Waals surface area contributed by atoms with Crippen LogP contribution in [0, 0.1) is 11.3 Å². The van der Waals surface area contributed by atoms with E-state index in [1.807, 2.05) is 48.9 Å². The molecule has 0 saturated heterocycles. The number of benzene rings is 1. The first-order valence-electron chi connectivity index (χ1n) is 5.23. The third-order valence-corrected chi connectivity index (χ3v) is 3.36. The molecule has 1 aromatic carbocycles. The molecule has 0 saturated carbocycles.